The number of rotatable bonds is 15. The van der Waals surface area contributed by atoms with E-state index in [0.29, 0.717) is 63.5 Å². The van der Waals surface area contributed by atoms with Gasteiger partial charge in [-0.15, -0.1) is 0 Å². The Morgan fingerprint density at radius 3 is 2.25 bits per heavy atom. The lowest BCUT2D eigenvalue weighted by molar-refractivity contribution is -0.398. The Balaban J connectivity index is 1.24. The van der Waals surface area contributed by atoms with Crippen LogP contribution in [0.2, 0.25) is 0 Å². The second-order valence-corrected chi connectivity index (χ2v) is 20.4. The van der Waals surface area contributed by atoms with Crippen molar-refractivity contribution in [2.75, 3.05) is 0 Å². The van der Waals surface area contributed by atoms with Crippen LogP contribution in [-0.2, 0) is 49.4 Å². The molecule has 65 heavy (non-hydrogen) atoms. The molecule has 4 fully saturated rings. The average molecular weight is 912 g/mol. The molecule has 0 aliphatic carbocycles. The van der Waals surface area contributed by atoms with Crippen LogP contribution in [-0.4, -0.2) is 109 Å². The van der Waals surface area contributed by atoms with Crippen LogP contribution in [0.5, 0.6) is 0 Å². The van der Waals surface area contributed by atoms with Gasteiger partial charge >= 0.3 is 17.8 Å². The number of nitrogens with one attached hydrogen (secondary N) is 2. The van der Waals surface area contributed by atoms with E-state index in [1.807, 2.05) is 48.5 Å². The van der Waals surface area contributed by atoms with Gasteiger partial charge in [-0.3, -0.25) is 24.2 Å². The Hall–Kier alpha value is -3.31. The van der Waals surface area contributed by atoms with Crippen molar-refractivity contribution in [3.63, 3.8) is 0 Å². The second-order valence-electron chi connectivity index (χ2n) is 20.4. The number of aromatic nitrogens is 1. The third-order valence-corrected chi connectivity index (χ3v) is 16.1. The number of carbonyl (C=O) groups excluding carboxylic acids is 3. The Morgan fingerprint density at radius 2 is 1.62 bits per heavy atom. The zero-order valence-corrected chi connectivity index (χ0v) is 40.3. The molecule has 2 amide bonds. The summed E-state index contributed by atoms with van der Waals surface area (Å²) in [6.07, 6.45) is 7.08. The zero-order valence-electron chi connectivity index (χ0n) is 40.3. The van der Waals surface area contributed by atoms with Gasteiger partial charge in [0.2, 0.25) is 0 Å². The Kier molecular flexibility index (Phi) is 16.1. The maximum atomic E-state index is 14.7. The van der Waals surface area contributed by atoms with Crippen LogP contribution < -0.4 is 10.6 Å². The molecule has 364 valence electrons. The summed E-state index contributed by atoms with van der Waals surface area (Å²) in [7, 11) is 0. The van der Waals surface area contributed by atoms with E-state index in [9.17, 15) is 34.5 Å². The van der Waals surface area contributed by atoms with Gasteiger partial charge in [0.1, 0.15) is 11.8 Å². The average Bonchev–Trinajstić information content (AvgIpc) is 3.63. The number of carbonyl (C=O) groups is 4. The van der Waals surface area contributed by atoms with E-state index in [-0.39, 0.29) is 30.1 Å². The number of aliphatic hydroxyl groups is 2. The summed E-state index contributed by atoms with van der Waals surface area (Å²) in [4.78, 5) is 57.8. The van der Waals surface area contributed by atoms with E-state index < -0.39 is 107 Å². The molecule has 0 radical (unpaired) electrons. The Labute approximate surface area is 385 Å². The molecular weight excluding hydrogens is 835 g/mol. The highest BCUT2D eigenvalue weighted by Gasteiger charge is 2.63. The summed E-state index contributed by atoms with van der Waals surface area (Å²) in [5.74, 6) is -8.37. The minimum Gasteiger partial charge on any atom is -0.481 e. The molecule has 5 aliphatic rings. The van der Waals surface area contributed by atoms with Crippen molar-refractivity contribution in [3.8, 4) is 0 Å². The van der Waals surface area contributed by atoms with Crippen molar-refractivity contribution in [1.82, 2.24) is 15.6 Å². The monoisotopic (exact) mass is 912 g/mol. The largest absolute Gasteiger partial charge is 0.481 e. The van der Waals surface area contributed by atoms with E-state index in [1.165, 1.54) is 0 Å². The van der Waals surface area contributed by atoms with Crippen LogP contribution >= 0.6 is 0 Å². The number of carboxylic acids is 1. The van der Waals surface area contributed by atoms with Gasteiger partial charge in [-0.2, -0.15) is 0 Å². The number of aliphatic carboxylic acids is 1. The molecule has 1 unspecified atom stereocenters. The molecule has 5 N–H and O–H groups in total. The number of ether oxygens (including phenoxy) is 5. The van der Waals surface area contributed by atoms with Crippen molar-refractivity contribution >= 4 is 23.6 Å². The van der Waals surface area contributed by atoms with Gasteiger partial charge in [0.05, 0.1) is 66.0 Å². The van der Waals surface area contributed by atoms with Crippen LogP contribution in [0.3, 0.4) is 0 Å². The van der Waals surface area contributed by atoms with Gasteiger partial charge in [-0.1, -0.05) is 67.5 Å². The topological polar surface area (TPSA) is 212 Å². The van der Waals surface area contributed by atoms with Crippen LogP contribution in [0.25, 0.3) is 0 Å². The number of pyridine rings is 1. The van der Waals surface area contributed by atoms with E-state index in [1.54, 1.807) is 43.5 Å². The van der Waals surface area contributed by atoms with Gasteiger partial charge in [0, 0.05) is 36.3 Å². The van der Waals surface area contributed by atoms with Crippen LogP contribution in [0.4, 0.5) is 0 Å². The minimum atomic E-state index is -1.51. The summed E-state index contributed by atoms with van der Waals surface area (Å²) >= 11 is 0. The SMILES string of the molecule is CCC(C(=O)[C@@H](C)[C@@H](O)[C@H](C)[C@@H]1O[C@@H]([C@@H](CC)C(=O)O)CC[C@@H]1C)[C@H]1O[C@]2(C=C[C@@H](NC(=O)C(=O)NCc3ccccn3)[C@]3(CC[C@@](C)([C@H]4CC[C@](O)(CC)[C@H](C)O4)O3)O2)[C@H](C)C[C@@H]1C. The lowest BCUT2D eigenvalue weighted by Gasteiger charge is -2.55. The number of ketones is 1. The number of hydrogen-bond donors (Lipinski definition) is 5. The van der Waals surface area contributed by atoms with Crippen LogP contribution in [0.15, 0.2) is 36.5 Å². The molecular formula is C50H77N3O12. The summed E-state index contributed by atoms with van der Waals surface area (Å²) in [6, 6.07) is 4.39. The number of aliphatic hydroxyl groups excluding tert-OH is 1. The third kappa shape index (κ3) is 10.4. The minimum absolute atomic E-state index is 0.0607. The van der Waals surface area contributed by atoms with Crippen molar-refractivity contribution in [2.45, 2.75) is 205 Å². The number of hydrogen-bond acceptors (Lipinski definition) is 12. The first-order valence-electron chi connectivity index (χ1n) is 24.4. The van der Waals surface area contributed by atoms with Gasteiger partial charge in [-0.25, -0.2) is 0 Å². The molecule has 1 aromatic rings. The number of Topliss-reactive ketones (excluding diaryl/α,β-unsaturated/α-hetero) is 1. The van der Waals surface area contributed by atoms with E-state index in [2.05, 4.69) is 29.5 Å². The highest BCUT2D eigenvalue weighted by atomic mass is 16.8. The number of amides is 2. The van der Waals surface area contributed by atoms with Crippen LogP contribution in [0.1, 0.15) is 139 Å². The fourth-order valence-electron chi connectivity index (χ4n) is 11.6. The third-order valence-electron chi connectivity index (χ3n) is 16.1. The maximum Gasteiger partial charge on any atom is 0.309 e. The van der Waals surface area contributed by atoms with Gasteiger partial charge in [0.15, 0.2) is 11.6 Å². The van der Waals surface area contributed by atoms with Crippen molar-refractivity contribution in [3.05, 3.63) is 42.2 Å². The zero-order chi connectivity index (χ0) is 47.6. The van der Waals surface area contributed by atoms with E-state index >= 15 is 0 Å². The van der Waals surface area contributed by atoms with E-state index in [4.69, 9.17) is 23.7 Å². The Bertz CT molecular complexity index is 1870. The molecule has 4 saturated heterocycles. The number of nitrogens with zero attached hydrogens (tertiary/aromatic N) is 1. The van der Waals surface area contributed by atoms with Crippen molar-refractivity contribution in [2.24, 2.45) is 41.4 Å². The predicted octanol–water partition coefficient (Wildman–Crippen LogP) is 6.02. The standard InChI is InChI=1S/C50H77N3O12/c1-11-35(46(58)59)37-18-17-28(4)42(62-37)32(8)40(54)31(7)41(55)36(12-2)43-29(5)26-30(6)49(63-43)22-19-38(53-45(57)44(56)52-27-34-16-14-15-25-51-34)50(65-49)24-23-47(10,64-50)39-20-21-48(60,13-3)33(9)61-39/h14-16,19,22,25,28-33,35-40,42-43,54,60H,11-13,17-18,20-21,23-24,26-27H2,1-10H3,(H,52,56)(H,53,57)(H,58,59)/t28-,29-,30+,31-,32-,33-,35+,36?,37+,38+,39+,40+,42+,43-,47-,48+,49-,50-/m0/s1. The normalized spacial score (nSPS) is 39.5. The first kappa shape index (κ1) is 51.1. The molecule has 15 nitrogen and oxygen atoms in total. The highest BCUT2D eigenvalue weighted by molar-refractivity contribution is 6.35. The first-order valence-corrected chi connectivity index (χ1v) is 24.4. The predicted molar refractivity (Wildman–Crippen MR) is 241 cm³/mol. The second kappa shape index (κ2) is 20.5. The molecule has 6 rings (SSSR count). The molecule has 6 heterocycles. The fourth-order valence-corrected chi connectivity index (χ4v) is 11.6. The molecule has 1 aromatic heterocycles. The van der Waals surface area contributed by atoms with E-state index in [0.717, 1.165) is 6.42 Å². The highest BCUT2D eigenvalue weighted by Crippen LogP contribution is 2.54. The van der Waals surface area contributed by atoms with Gasteiger partial charge < -0.3 is 49.6 Å². The summed E-state index contributed by atoms with van der Waals surface area (Å²) in [5.41, 5.74) is -1.27. The molecule has 0 aromatic carbocycles. The molecule has 0 bridgehead atoms. The molecule has 18 atom stereocenters. The lowest BCUT2D eigenvalue weighted by atomic mass is 9.72. The lowest BCUT2D eigenvalue weighted by Crippen LogP contribution is -2.66. The van der Waals surface area contributed by atoms with Gasteiger partial charge in [-0.05, 0) is 102 Å². The molecule has 2 spiro atoms. The van der Waals surface area contributed by atoms with Crippen molar-refractivity contribution < 1.29 is 58.2 Å². The summed E-state index contributed by atoms with van der Waals surface area (Å²) < 4.78 is 34.4. The molecule has 15 heteroatoms. The molecule has 5 aliphatic heterocycles. The molecule has 0 saturated carbocycles. The van der Waals surface area contributed by atoms with Gasteiger partial charge in [0.25, 0.3) is 0 Å². The fraction of sp³-hybridized carbons (Fsp3) is 0.780. The quantitative estimate of drug-likeness (QED) is 0.101. The van der Waals surface area contributed by atoms with Crippen LogP contribution in [0, 0.1) is 41.4 Å². The van der Waals surface area contributed by atoms with Crippen molar-refractivity contribution in [1.29, 1.82) is 0 Å². The first-order chi connectivity index (χ1) is 30.7. The summed E-state index contributed by atoms with van der Waals surface area (Å²) in [5, 5.41) is 38.5. The smallest absolute Gasteiger partial charge is 0.309 e. The summed E-state index contributed by atoms with van der Waals surface area (Å²) in [6.45, 7) is 19.4. The Morgan fingerprint density at radius 1 is 0.892 bits per heavy atom. The number of carboxylic acid groups (broad SMARTS) is 1. The maximum absolute atomic E-state index is 14.7.